The summed E-state index contributed by atoms with van der Waals surface area (Å²) in [6, 6.07) is 18.3. The summed E-state index contributed by atoms with van der Waals surface area (Å²) in [4.78, 5) is 0. The number of aryl methyl sites for hydroxylation is 1. The van der Waals surface area contributed by atoms with Crippen molar-refractivity contribution in [1.82, 2.24) is 0 Å². The van der Waals surface area contributed by atoms with Crippen molar-refractivity contribution in [2.45, 2.75) is 6.92 Å². The van der Waals surface area contributed by atoms with Gasteiger partial charge in [-0.1, -0.05) is 30.3 Å². The molecule has 0 aromatic heterocycles. The first-order valence-corrected chi connectivity index (χ1v) is 6.64. The summed E-state index contributed by atoms with van der Waals surface area (Å²) >= 11 is 0. The number of anilines is 2. The molecule has 0 atom stereocenters. The van der Waals surface area contributed by atoms with E-state index >= 15 is 0 Å². The molecule has 0 unspecified atom stereocenters. The number of nitrogens with zero attached hydrogens (tertiary/aromatic N) is 1. The maximum Gasteiger partial charge on any atom is 0.146 e. The average Bonchev–Trinajstić information content (AvgIpc) is 2.51. The molecule has 3 heteroatoms. The molecule has 102 valence electrons. The van der Waals surface area contributed by atoms with Crippen molar-refractivity contribution in [1.29, 1.82) is 5.26 Å². The van der Waals surface area contributed by atoms with Crippen LogP contribution in [-0.2, 0) is 0 Å². The molecule has 0 saturated carbocycles. The molecule has 0 heterocycles. The Bertz CT molecular complexity index is 863. The summed E-state index contributed by atoms with van der Waals surface area (Å²) in [5.41, 5.74) is 2.82. The second kappa shape index (κ2) is 5.26. The Hall–Kier alpha value is -2.86. The second-order valence-electron chi connectivity index (χ2n) is 4.93. The molecule has 0 spiro atoms. The quantitative estimate of drug-likeness (QED) is 0.722. The van der Waals surface area contributed by atoms with Gasteiger partial charge in [-0.05, 0) is 36.8 Å². The van der Waals surface area contributed by atoms with E-state index in [4.69, 9.17) is 5.26 Å². The lowest BCUT2D eigenvalue weighted by Gasteiger charge is -2.12. The number of nitrogens with one attached hydrogen (secondary N) is 1. The fourth-order valence-electron chi connectivity index (χ4n) is 2.39. The Morgan fingerprint density at radius 3 is 2.48 bits per heavy atom. The third kappa shape index (κ3) is 2.44. The Labute approximate surface area is 122 Å². The number of hydrogen-bond acceptors (Lipinski definition) is 2. The van der Waals surface area contributed by atoms with Gasteiger partial charge in [-0.2, -0.15) is 5.26 Å². The summed E-state index contributed by atoms with van der Waals surface area (Å²) < 4.78 is 13.9. The summed E-state index contributed by atoms with van der Waals surface area (Å²) in [6.45, 7) is 1.92. The van der Waals surface area contributed by atoms with Gasteiger partial charge in [0.2, 0.25) is 0 Å². The van der Waals surface area contributed by atoms with Crippen LogP contribution < -0.4 is 5.32 Å². The first-order chi connectivity index (χ1) is 10.2. The number of nitriles is 1. The van der Waals surface area contributed by atoms with Crippen LogP contribution in [0.5, 0.6) is 0 Å². The predicted molar refractivity (Wildman–Crippen MR) is 83.1 cm³/mol. The Morgan fingerprint density at radius 2 is 1.71 bits per heavy atom. The Morgan fingerprint density at radius 1 is 0.952 bits per heavy atom. The highest BCUT2D eigenvalue weighted by atomic mass is 19.1. The van der Waals surface area contributed by atoms with Gasteiger partial charge in [0.25, 0.3) is 0 Å². The standard InChI is InChI=1S/C18H13FN2/c1-12-6-8-16(19)18(10-12)21-17-9-7-13(11-20)14-4-2-3-5-15(14)17/h2-10,21H,1H3. The van der Waals surface area contributed by atoms with Gasteiger partial charge in [-0.3, -0.25) is 0 Å². The van der Waals surface area contributed by atoms with E-state index in [1.54, 1.807) is 18.2 Å². The minimum absolute atomic E-state index is 0.297. The molecule has 3 aromatic carbocycles. The van der Waals surface area contributed by atoms with Gasteiger partial charge in [-0.15, -0.1) is 0 Å². The molecule has 21 heavy (non-hydrogen) atoms. The number of benzene rings is 3. The molecule has 0 radical (unpaired) electrons. The fourth-order valence-corrected chi connectivity index (χ4v) is 2.39. The zero-order valence-corrected chi connectivity index (χ0v) is 11.5. The van der Waals surface area contributed by atoms with Gasteiger partial charge in [-0.25, -0.2) is 4.39 Å². The normalized spacial score (nSPS) is 10.3. The van der Waals surface area contributed by atoms with Crippen LogP contribution >= 0.6 is 0 Å². The highest BCUT2D eigenvalue weighted by Gasteiger charge is 2.08. The summed E-state index contributed by atoms with van der Waals surface area (Å²) in [6.07, 6.45) is 0. The van der Waals surface area contributed by atoms with Gasteiger partial charge in [0, 0.05) is 16.5 Å². The summed E-state index contributed by atoms with van der Waals surface area (Å²) in [7, 11) is 0. The predicted octanol–water partition coefficient (Wildman–Crippen LogP) is 4.90. The van der Waals surface area contributed by atoms with Crippen LogP contribution in [0.15, 0.2) is 54.6 Å². The molecular weight excluding hydrogens is 263 g/mol. The lowest BCUT2D eigenvalue weighted by atomic mass is 10.0. The molecular formula is C18H13FN2. The molecule has 0 aliphatic carbocycles. The molecule has 3 aromatic rings. The lowest BCUT2D eigenvalue weighted by molar-refractivity contribution is 0.631. The van der Waals surface area contributed by atoms with Crippen molar-refractivity contribution in [3.63, 3.8) is 0 Å². The molecule has 0 aliphatic rings. The highest BCUT2D eigenvalue weighted by Crippen LogP contribution is 2.30. The van der Waals surface area contributed by atoms with Gasteiger partial charge in [0.1, 0.15) is 5.82 Å². The van der Waals surface area contributed by atoms with E-state index in [-0.39, 0.29) is 5.82 Å². The number of rotatable bonds is 2. The lowest BCUT2D eigenvalue weighted by Crippen LogP contribution is -1.96. The zero-order valence-electron chi connectivity index (χ0n) is 11.5. The molecule has 0 aliphatic heterocycles. The number of fused-ring (bicyclic) bond motifs is 1. The Balaban J connectivity index is 2.14. The van der Waals surface area contributed by atoms with E-state index in [1.807, 2.05) is 37.3 Å². The van der Waals surface area contributed by atoms with Gasteiger partial charge in [0.15, 0.2) is 0 Å². The summed E-state index contributed by atoms with van der Waals surface area (Å²) in [5, 5.41) is 14.0. The third-order valence-electron chi connectivity index (χ3n) is 3.44. The van der Waals surface area contributed by atoms with E-state index in [2.05, 4.69) is 11.4 Å². The van der Waals surface area contributed by atoms with Gasteiger partial charge < -0.3 is 5.32 Å². The van der Waals surface area contributed by atoms with Crippen molar-refractivity contribution in [3.8, 4) is 6.07 Å². The van der Waals surface area contributed by atoms with Crippen molar-refractivity contribution in [2.75, 3.05) is 5.32 Å². The van der Waals surface area contributed by atoms with Crippen molar-refractivity contribution in [3.05, 3.63) is 71.5 Å². The number of halogens is 1. The molecule has 0 bridgehead atoms. The first kappa shape index (κ1) is 13.1. The number of hydrogen-bond donors (Lipinski definition) is 1. The second-order valence-corrected chi connectivity index (χ2v) is 4.93. The molecule has 0 saturated heterocycles. The van der Waals surface area contributed by atoms with Crippen molar-refractivity contribution < 1.29 is 4.39 Å². The monoisotopic (exact) mass is 276 g/mol. The van der Waals surface area contributed by atoms with Gasteiger partial charge >= 0.3 is 0 Å². The average molecular weight is 276 g/mol. The SMILES string of the molecule is Cc1ccc(F)c(Nc2ccc(C#N)c3ccccc23)c1. The molecule has 2 nitrogen and oxygen atoms in total. The van der Waals surface area contributed by atoms with Gasteiger partial charge in [0.05, 0.1) is 17.3 Å². The van der Waals surface area contributed by atoms with Crippen LogP contribution in [-0.4, -0.2) is 0 Å². The van der Waals surface area contributed by atoms with Crippen LogP contribution in [0.3, 0.4) is 0 Å². The first-order valence-electron chi connectivity index (χ1n) is 6.64. The molecule has 0 amide bonds. The van der Waals surface area contributed by atoms with E-state index in [0.717, 1.165) is 22.0 Å². The molecule has 3 rings (SSSR count). The topological polar surface area (TPSA) is 35.8 Å². The molecule has 0 fully saturated rings. The van der Waals surface area contributed by atoms with E-state index in [9.17, 15) is 4.39 Å². The smallest absolute Gasteiger partial charge is 0.146 e. The van der Waals surface area contributed by atoms with Crippen LogP contribution in [0.1, 0.15) is 11.1 Å². The van der Waals surface area contributed by atoms with Crippen LogP contribution in [0.4, 0.5) is 15.8 Å². The van der Waals surface area contributed by atoms with Crippen LogP contribution in [0, 0.1) is 24.1 Å². The van der Waals surface area contributed by atoms with E-state index < -0.39 is 0 Å². The van der Waals surface area contributed by atoms with Crippen molar-refractivity contribution >= 4 is 22.1 Å². The van der Waals surface area contributed by atoms with Crippen LogP contribution in [0.25, 0.3) is 10.8 Å². The molecule has 1 N–H and O–H groups in total. The Kier molecular flexibility index (Phi) is 3.29. The maximum absolute atomic E-state index is 13.9. The minimum atomic E-state index is -0.297. The van der Waals surface area contributed by atoms with Crippen LogP contribution in [0.2, 0.25) is 0 Å². The fraction of sp³-hybridized carbons (Fsp3) is 0.0556. The summed E-state index contributed by atoms with van der Waals surface area (Å²) in [5.74, 6) is -0.297. The minimum Gasteiger partial charge on any atom is -0.353 e. The largest absolute Gasteiger partial charge is 0.353 e. The third-order valence-corrected chi connectivity index (χ3v) is 3.44. The maximum atomic E-state index is 13.9. The zero-order chi connectivity index (χ0) is 14.8. The van der Waals surface area contributed by atoms with Crippen molar-refractivity contribution in [2.24, 2.45) is 0 Å². The van der Waals surface area contributed by atoms with E-state index in [0.29, 0.717) is 11.3 Å². The van der Waals surface area contributed by atoms with E-state index in [1.165, 1.54) is 6.07 Å². The highest BCUT2D eigenvalue weighted by molar-refractivity contribution is 5.98.